The zero-order valence-electron chi connectivity index (χ0n) is 22.2. The van der Waals surface area contributed by atoms with Crippen LogP contribution >= 0.6 is 0 Å². The number of phenols is 1. The minimum Gasteiger partial charge on any atom is -0.507 e. The molecule has 5 heteroatoms. The molecule has 0 aromatic heterocycles. The van der Waals surface area contributed by atoms with E-state index in [2.05, 4.69) is 90.0 Å². The minimum atomic E-state index is -0.306. The van der Waals surface area contributed by atoms with Gasteiger partial charge in [0.2, 0.25) is 0 Å². The molecular formula is C29H42N2O3. The molecule has 1 aliphatic rings. The van der Waals surface area contributed by atoms with E-state index in [-0.39, 0.29) is 17.1 Å². The summed E-state index contributed by atoms with van der Waals surface area (Å²) in [5.74, 6) is 1.22. The van der Waals surface area contributed by atoms with Crippen molar-refractivity contribution >= 4 is 0 Å². The maximum atomic E-state index is 11.0. The number of ether oxygens (including phenoxy) is 2. The molecule has 1 heterocycles. The molecule has 0 amide bonds. The summed E-state index contributed by atoms with van der Waals surface area (Å²) in [7, 11) is 2.14. The number of nitrogens with one attached hydrogen (secondary N) is 1. The van der Waals surface area contributed by atoms with E-state index in [0.29, 0.717) is 12.4 Å². The fraction of sp³-hybridized carbons (Fsp3) is 0.517. The third-order valence-corrected chi connectivity index (χ3v) is 6.35. The summed E-state index contributed by atoms with van der Waals surface area (Å²) >= 11 is 0. The quantitative estimate of drug-likeness (QED) is 0.498. The van der Waals surface area contributed by atoms with Gasteiger partial charge >= 0.3 is 0 Å². The number of hydrogen-bond acceptors (Lipinski definition) is 5. The molecule has 0 fully saturated rings. The van der Waals surface area contributed by atoms with Crippen LogP contribution < -0.4 is 10.1 Å². The van der Waals surface area contributed by atoms with Crippen molar-refractivity contribution in [2.75, 3.05) is 26.7 Å². The molecular weight excluding hydrogens is 424 g/mol. The number of nitrogens with zero attached hydrogens (tertiary/aromatic N) is 1. The predicted molar refractivity (Wildman–Crippen MR) is 139 cm³/mol. The Labute approximate surface area is 205 Å². The van der Waals surface area contributed by atoms with Gasteiger partial charge in [0.25, 0.3) is 0 Å². The lowest BCUT2D eigenvalue weighted by Gasteiger charge is -2.29. The third kappa shape index (κ3) is 6.47. The van der Waals surface area contributed by atoms with Gasteiger partial charge in [-0.25, -0.2) is 0 Å². The smallest absolute Gasteiger partial charge is 0.195 e. The number of likely N-dealkylation sites (N-methyl/N-ethyl adjacent to an activating group) is 1. The normalized spacial score (nSPS) is 16.3. The monoisotopic (exact) mass is 466 g/mol. The van der Waals surface area contributed by atoms with Crippen molar-refractivity contribution in [3.05, 3.63) is 70.6 Å². The van der Waals surface area contributed by atoms with Crippen LogP contribution in [0.25, 0.3) is 0 Å². The van der Waals surface area contributed by atoms with Gasteiger partial charge in [-0.1, -0.05) is 60.6 Å². The van der Waals surface area contributed by atoms with Crippen molar-refractivity contribution in [1.82, 2.24) is 10.2 Å². The van der Waals surface area contributed by atoms with Gasteiger partial charge in [0.1, 0.15) is 24.4 Å². The summed E-state index contributed by atoms with van der Waals surface area (Å²) in [6, 6.07) is 12.4. The van der Waals surface area contributed by atoms with Crippen molar-refractivity contribution in [1.29, 1.82) is 0 Å². The van der Waals surface area contributed by atoms with Gasteiger partial charge < -0.3 is 24.8 Å². The molecule has 34 heavy (non-hydrogen) atoms. The predicted octanol–water partition coefficient (Wildman–Crippen LogP) is 6.02. The highest BCUT2D eigenvalue weighted by Crippen LogP contribution is 2.41. The maximum Gasteiger partial charge on any atom is 0.195 e. The molecule has 1 aliphatic heterocycles. The molecule has 3 rings (SSSR count). The van der Waals surface area contributed by atoms with Crippen LogP contribution in [0.3, 0.4) is 0 Å². The molecule has 0 radical (unpaired) electrons. The van der Waals surface area contributed by atoms with Crippen molar-refractivity contribution in [3.8, 4) is 11.5 Å². The number of aromatic hydroxyl groups is 1. The van der Waals surface area contributed by atoms with Crippen LogP contribution in [-0.4, -0.2) is 36.8 Å². The van der Waals surface area contributed by atoms with Gasteiger partial charge in [0.15, 0.2) is 6.23 Å². The van der Waals surface area contributed by atoms with Gasteiger partial charge in [-0.05, 0) is 60.7 Å². The Morgan fingerprint density at radius 1 is 1.00 bits per heavy atom. The molecule has 1 atom stereocenters. The first-order valence-corrected chi connectivity index (χ1v) is 12.3. The highest BCUT2D eigenvalue weighted by atomic mass is 16.5. The summed E-state index contributed by atoms with van der Waals surface area (Å²) in [4.78, 5) is 2.31. The second kappa shape index (κ2) is 10.3. The van der Waals surface area contributed by atoms with E-state index in [1.54, 1.807) is 6.26 Å². The van der Waals surface area contributed by atoms with Gasteiger partial charge in [0, 0.05) is 23.2 Å². The van der Waals surface area contributed by atoms with Crippen molar-refractivity contribution in [3.63, 3.8) is 0 Å². The van der Waals surface area contributed by atoms with E-state index in [1.807, 2.05) is 12.1 Å². The average molecular weight is 467 g/mol. The van der Waals surface area contributed by atoms with Gasteiger partial charge in [-0.2, -0.15) is 0 Å². The molecule has 186 valence electrons. The molecule has 2 N–H and O–H groups in total. The lowest BCUT2D eigenvalue weighted by atomic mass is 9.78. The Balaban J connectivity index is 1.64. The molecule has 2 aromatic rings. The van der Waals surface area contributed by atoms with E-state index in [4.69, 9.17) is 9.47 Å². The highest BCUT2D eigenvalue weighted by molar-refractivity contribution is 5.50. The Bertz CT molecular complexity index is 963. The van der Waals surface area contributed by atoms with Crippen LogP contribution in [0.15, 0.2) is 48.4 Å². The Kier molecular flexibility index (Phi) is 7.87. The van der Waals surface area contributed by atoms with E-state index < -0.39 is 0 Å². The molecule has 1 unspecified atom stereocenters. The molecule has 0 saturated carbocycles. The van der Waals surface area contributed by atoms with Crippen LogP contribution in [0, 0.1) is 0 Å². The Hall–Kier alpha value is -2.66. The van der Waals surface area contributed by atoms with Crippen molar-refractivity contribution in [2.45, 2.75) is 71.9 Å². The van der Waals surface area contributed by atoms with E-state index in [9.17, 15) is 5.11 Å². The fourth-order valence-electron chi connectivity index (χ4n) is 3.97. The minimum absolute atomic E-state index is 0.184. The van der Waals surface area contributed by atoms with Gasteiger partial charge in [-0.15, -0.1) is 0 Å². The van der Waals surface area contributed by atoms with Crippen LogP contribution in [0.2, 0.25) is 0 Å². The lowest BCUT2D eigenvalue weighted by Crippen LogP contribution is -2.22. The first-order valence-electron chi connectivity index (χ1n) is 12.3. The Morgan fingerprint density at radius 2 is 1.59 bits per heavy atom. The number of hydrogen-bond donors (Lipinski definition) is 2. The summed E-state index contributed by atoms with van der Waals surface area (Å²) < 4.78 is 11.9. The molecule has 0 spiro atoms. The average Bonchev–Trinajstić information content (AvgIpc) is 3.24. The molecule has 2 aromatic carbocycles. The number of phenolic OH excluding ortho intramolecular Hbond substituents is 1. The van der Waals surface area contributed by atoms with E-state index in [0.717, 1.165) is 47.6 Å². The van der Waals surface area contributed by atoms with Gasteiger partial charge in [0.05, 0.1) is 5.70 Å². The standard InChI is InChI=1S/C29H42N2O3/c1-9-31(8)15-14-20-10-12-23(13-11-20)33-18-22-19-34-27(30-22)21-16-24(28(2,3)4)26(32)25(17-21)29(5,6)7/h10-13,16-17,19,27,30,32H,9,14-15,18H2,1-8H3. The molecule has 0 bridgehead atoms. The van der Waals surface area contributed by atoms with Crippen LogP contribution in [0.4, 0.5) is 0 Å². The zero-order chi connectivity index (χ0) is 25.1. The largest absolute Gasteiger partial charge is 0.507 e. The summed E-state index contributed by atoms with van der Waals surface area (Å²) in [6.07, 6.45) is 2.46. The molecule has 0 aliphatic carbocycles. The van der Waals surface area contributed by atoms with Gasteiger partial charge in [-0.3, -0.25) is 0 Å². The first kappa shape index (κ1) is 26.0. The summed E-state index contributed by atoms with van der Waals surface area (Å²) in [6.45, 7) is 17.4. The zero-order valence-corrected chi connectivity index (χ0v) is 22.2. The second-order valence-corrected chi connectivity index (χ2v) is 11.3. The molecule has 5 nitrogen and oxygen atoms in total. The van der Waals surface area contributed by atoms with E-state index in [1.165, 1.54) is 5.56 Å². The summed E-state index contributed by atoms with van der Waals surface area (Å²) in [5, 5.41) is 14.4. The van der Waals surface area contributed by atoms with Crippen LogP contribution in [0.1, 0.15) is 76.9 Å². The first-order chi connectivity index (χ1) is 15.9. The molecule has 0 saturated heterocycles. The fourth-order valence-corrected chi connectivity index (χ4v) is 3.97. The SMILES string of the molecule is CCN(C)CCc1ccc(OCC2=COC(c3cc(C(C)(C)C)c(O)c(C(C)(C)C)c3)N2)cc1. The Morgan fingerprint density at radius 3 is 2.12 bits per heavy atom. The van der Waals surface area contributed by atoms with Crippen molar-refractivity contribution in [2.24, 2.45) is 0 Å². The van der Waals surface area contributed by atoms with Crippen molar-refractivity contribution < 1.29 is 14.6 Å². The lowest BCUT2D eigenvalue weighted by molar-refractivity contribution is 0.153. The number of rotatable bonds is 8. The van der Waals surface area contributed by atoms with Crippen LogP contribution in [-0.2, 0) is 22.0 Å². The summed E-state index contributed by atoms with van der Waals surface area (Å²) in [5.41, 5.74) is 4.69. The maximum absolute atomic E-state index is 11.0. The topological polar surface area (TPSA) is 54.0 Å². The number of benzene rings is 2. The highest BCUT2D eigenvalue weighted by Gasteiger charge is 2.29. The van der Waals surface area contributed by atoms with Crippen LogP contribution in [0.5, 0.6) is 11.5 Å². The van der Waals surface area contributed by atoms with E-state index >= 15 is 0 Å². The second-order valence-electron chi connectivity index (χ2n) is 11.3. The third-order valence-electron chi connectivity index (χ3n) is 6.35.